The van der Waals surface area contributed by atoms with Gasteiger partial charge in [0.25, 0.3) is 15.9 Å². The fraction of sp³-hybridized carbons (Fsp3) is 0.438. The highest BCUT2D eigenvalue weighted by Crippen LogP contribution is 2.44. The first-order valence-corrected chi connectivity index (χ1v) is 11.0. The molecule has 10 heteroatoms. The van der Waals surface area contributed by atoms with E-state index in [2.05, 4.69) is 20.2 Å². The van der Waals surface area contributed by atoms with Gasteiger partial charge in [0, 0.05) is 16.6 Å². The predicted octanol–water partition coefficient (Wildman–Crippen LogP) is 2.91. The molecule has 0 unspecified atom stereocenters. The molecule has 4 rings (SSSR count). The van der Waals surface area contributed by atoms with Crippen LogP contribution in [0, 0.1) is 11.8 Å². The van der Waals surface area contributed by atoms with Gasteiger partial charge in [-0.2, -0.15) is 0 Å². The molecule has 0 radical (unpaired) electrons. The minimum Gasteiger partial charge on any atom is -0.296 e. The van der Waals surface area contributed by atoms with E-state index in [4.69, 9.17) is 11.6 Å². The van der Waals surface area contributed by atoms with Gasteiger partial charge in [-0.1, -0.05) is 29.4 Å². The van der Waals surface area contributed by atoms with Crippen LogP contribution in [-0.2, 0) is 10.0 Å². The summed E-state index contributed by atoms with van der Waals surface area (Å²) in [6.45, 7) is 0. The third-order valence-corrected chi connectivity index (χ3v) is 7.96. The van der Waals surface area contributed by atoms with Crippen molar-refractivity contribution in [1.82, 2.24) is 14.9 Å². The number of anilines is 1. The van der Waals surface area contributed by atoms with Crippen LogP contribution in [-0.4, -0.2) is 30.6 Å². The Balaban J connectivity index is 1.43. The molecule has 1 aromatic heterocycles. The Hall–Kier alpha value is -1.55. The number of nitrogens with one attached hydrogen (secondary N) is 2. The number of halogens is 1. The second-order valence-corrected chi connectivity index (χ2v) is 10.0. The smallest absolute Gasteiger partial charge is 0.270 e. The molecule has 1 aromatic carbocycles. The largest absolute Gasteiger partial charge is 0.296 e. The molecule has 2 aromatic rings. The van der Waals surface area contributed by atoms with Gasteiger partial charge in [-0.25, -0.2) is 13.1 Å². The molecular formula is C16H17ClN4O3S2. The molecule has 2 bridgehead atoms. The Morgan fingerprint density at radius 2 is 1.92 bits per heavy atom. The van der Waals surface area contributed by atoms with Gasteiger partial charge in [0.1, 0.15) is 0 Å². The van der Waals surface area contributed by atoms with Crippen LogP contribution >= 0.6 is 22.9 Å². The van der Waals surface area contributed by atoms with Crippen molar-refractivity contribution >= 4 is 44.0 Å². The van der Waals surface area contributed by atoms with Crippen LogP contribution < -0.4 is 10.0 Å². The van der Waals surface area contributed by atoms with Crippen molar-refractivity contribution in [3.05, 3.63) is 34.9 Å². The summed E-state index contributed by atoms with van der Waals surface area (Å²) in [5, 5.41) is 10.7. The standard InChI is InChI=1S/C16H17ClN4O3S2/c17-12-5-3-10(4-6-12)14(22)18-15-19-20-16(25-15)26(23,24)21-13-8-9-1-2-11(13)7-9/h3-6,9,11,13,21H,1-2,7-8H2,(H,18,19,22)/t9-,11+,13+/m0/s1. The Kier molecular flexibility index (Phi) is 4.72. The Morgan fingerprint density at radius 3 is 2.58 bits per heavy atom. The molecule has 2 N–H and O–H groups in total. The lowest BCUT2D eigenvalue weighted by Gasteiger charge is -2.21. The molecule has 138 valence electrons. The molecule has 3 atom stereocenters. The third-order valence-electron chi connectivity index (χ3n) is 5.01. The predicted molar refractivity (Wildman–Crippen MR) is 98.9 cm³/mol. The van der Waals surface area contributed by atoms with Crippen molar-refractivity contribution in [3.63, 3.8) is 0 Å². The van der Waals surface area contributed by atoms with Crippen LogP contribution in [0.3, 0.4) is 0 Å². The number of nitrogens with zero attached hydrogens (tertiary/aromatic N) is 2. The SMILES string of the molecule is O=C(Nc1nnc(S(=O)(=O)N[C@@H]2C[C@H]3CC[C@@H]2C3)s1)c1ccc(Cl)cc1. The van der Waals surface area contributed by atoms with E-state index in [9.17, 15) is 13.2 Å². The number of sulfonamides is 1. The molecule has 2 saturated carbocycles. The number of hydrogen-bond acceptors (Lipinski definition) is 6. The second-order valence-electron chi connectivity index (χ2n) is 6.74. The van der Waals surface area contributed by atoms with Gasteiger partial charge >= 0.3 is 0 Å². The summed E-state index contributed by atoms with van der Waals surface area (Å²) in [6.07, 6.45) is 4.27. The quantitative estimate of drug-likeness (QED) is 0.735. The molecule has 0 aliphatic heterocycles. The van der Waals surface area contributed by atoms with Gasteiger partial charge in [0.05, 0.1) is 0 Å². The van der Waals surface area contributed by atoms with Crippen molar-refractivity contribution in [2.75, 3.05) is 5.32 Å². The van der Waals surface area contributed by atoms with Crippen LogP contribution in [0.15, 0.2) is 28.6 Å². The molecule has 2 fully saturated rings. The number of fused-ring (bicyclic) bond motifs is 2. The van der Waals surface area contributed by atoms with Crippen LogP contribution in [0.2, 0.25) is 5.02 Å². The number of amides is 1. The fourth-order valence-electron chi connectivity index (χ4n) is 3.78. The molecule has 2 aliphatic rings. The first kappa shape index (κ1) is 17.8. The number of benzene rings is 1. The average molecular weight is 413 g/mol. The zero-order valence-corrected chi connectivity index (χ0v) is 16.1. The third kappa shape index (κ3) is 3.62. The zero-order chi connectivity index (χ0) is 18.3. The first-order chi connectivity index (χ1) is 12.4. The van der Waals surface area contributed by atoms with E-state index in [1.807, 2.05) is 0 Å². The van der Waals surface area contributed by atoms with Crippen LogP contribution in [0.5, 0.6) is 0 Å². The Bertz CT molecular complexity index is 929. The minimum absolute atomic E-state index is 0.0187. The second kappa shape index (κ2) is 6.88. The highest BCUT2D eigenvalue weighted by molar-refractivity contribution is 7.91. The van der Waals surface area contributed by atoms with Crippen molar-refractivity contribution in [2.45, 2.75) is 36.1 Å². The van der Waals surface area contributed by atoms with Crippen molar-refractivity contribution in [2.24, 2.45) is 11.8 Å². The maximum absolute atomic E-state index is 12.5. The van der Waals surface area contributed by atoms with Crippen LogP contribution in [0.4, 0.5) is 5.13 Å². The van der Waals surface area contributed by atoms with E-state index >= 15 is 0 Å². The van der Waals surface area contributed by atoms with Crippen molar-refractivity contribution in [1.29, 1.82) is 0 Å². The molecule has 1 amide bonds. The lowest BCUT2D eigenvalue weighted by Crippen LogP contribution is -2.38. The summed E-state index contributed by atoms with van der Waals surface area (Å²) >= 11 is 6.64. The van der Waals surface area contributed by atoms with Gasteiger partial charge in [-0.15, -0.1) is 10.2 Å². The number of aromatic nitrogens is 2. The summed E-state index contributed by atoms with van der Waals surface area (Å²) < 4.78 is 27.7. The molecule has 2 aliphatic carbocycles. The highest BCUT2D eigenvalue weighted by Gasteiger charge is 2.41. The summed E-state index contributed by atoms with van der Waals surface area (Å²) in [7, 11) is -3.73. The number of carbonyl (C=O) groups is 1. The molecule has 0 spiro atoms. The molecule has 26 heavy (non-hydrogen) atoms. The number of rotatable bonds is 5. The van der Waals surface area contributed by atoms with E-state index in [-0.39, 0.29) is 15.5 Å². The maximum atomic E-state index is 12.5. The highest BCUT2D eigenvalue weighted by atomic mass is 35.5. The molecule has 1 heterocycles. The van der Waals surface area contributed by atoms with Crippen LogP contribution in [0.1, 0.15) is 36.0 Å². The van der Waals surface area contributed by atoms with Crippen LogP contribution in [0.25, 0.3) is 0 Å². The van der Waals surface area contributed by atoms with Gasteiger partial charge in [0.2, 0.25) is 9.47 Å². The zero-order valence-electron chi connectivity index (χ0n) is 13.7. The summed E-state index contributed by atoms with van der Waals surface area (Å²) in [5.74, 6) is 0.658. The van der Waals surface area contributed by atoms with Crippen molar-refractivity contribution in [3.8, 4) is 0 Å². The molecule has 7 nitrogen and oxygen atoms in total. The van der Waals surface area contributed by atoms with E-state index in [0.717, 1.165) is 30.6 Å². The molecular weight excluding hydrogens is 396 g/mol. The summed E-state index contributed by atoms with van der Waals surface area (Å²) in [6, 6.07) is 6.34. The summed E-state index contributed by atoms with van der Waals surface area (Å²) in [5.41, 5.74) is 0.397. The normalized spacial score (nSPS) is 24.7. The average Bonchev–Trinajstić information content (AvgIpc) is 3.32. The lowest BCUT2D eigenvalue weighted by atomic mass is 9.96. The van der Waals surface area contributed by atoms with Gasteiger partial charge < -0.3 is 0 Å². The Morgan fingerprint density at radius 1 is 1.15 bits per heavy atom. The first-order valence-electron chi connectivity index (χ1n) is 8.33. The topological polar surface area (TPSA) is 101 Å². The van der Waals surface area contributed by atoms with E-state index in [1.54, 1.807) is 24.3 Å². The monoisotopic (exact) mass is 412 g/mol. The molecule has 0 saturated heterocycles. The van der Waals surface area contributed by atoms with E-state index in [0.29, 0.717) is 22.4 Å². The van der Waals surface area contributed by atoms with Gasteiger partial charge in [0.15, 0.2) is 0 Å². The minimum atomic E-state index is -3.73. The van der Waals surface area contributed by atoms with Crippen molar-refractivity contribution < 1.29 is 13.2 Å². The number of carbonyl (C=O) groups excluding carboxylic acids is 1. The lowest BCUT2D eigenvalue weighted by molar-refractivity contribution is 0.102. The Labute approximate surface area is 160 Å². The van der Waals surface area contributed by atoms with E-state index < -0.39 is 15.9 Å². The van der Waals surface area contributed by atoms with E-state index in [1.165, 1.54) is 6.42 Å². The number of hydrogen-bond donors (Lipinski definition) is 2. The fourth-order valence-corrected chi connectivity index (χ4v) is 6.13. The van der Waals surface area contributed by atoms with Gasteiger partial charge in [-0.05, 0) is 55.4 Å². The van der Waals surface area contributed by atoms with Gasteiger partial charge in [-0.3, -0.25) is 10.1 Å². The maximum Gasteiger partial charge on any atom is 0.270 e. The summed E-state index contributed by atoms with van der Waals surface area (Å²) in [4.78, 5) is 12.2.